The molecule has 0 amide bonds. The van der Waals surface area contributed by atoms with E-state index >= 15 is 0 Å². The zero-order valence-electron chi connectivity index (χ0n) is 11.6. The van der Waals surface area contributed by atoms with Crippen LogP contribution in [-0.2, 0) is 21.0 Å². The molecule has 10 heteroatoms. The number of rotatable bonds is 5. The lowest BCUT2D eigenvalue weighted by molar-refractivity contribution is -0.138. The number of aliphatic carboxylic acids is 1. The molecule has 0 aromatic heterocycles. The lowest BCUT2D eigenvalue weighted by atomic mass is 10.1. The number of sulfonamides is 1. The molecule has 1 aromatic carbocycles. The number of carboxylic acids is 1. The third-order valence-corrected chi connectivity index (χ3v) is 4.33. The predicted molar refractivity (Wildman–Crippen MR) is 75.5 cm³/mol. The van der Waals surface area contributed by atoms with Gasteiger partial charge in [0.1, 0.15) is 6.04 Å². The minimum absolute atomic E-state index is 0.119. The van der Waals surface area contributed by atoms with Gasteiger partial charge >= 0.3 is 12.1 Å². The highest BCUT2D eigenvalue weighted by Crippen LogP contribution is 2.37. The monoisotopic (exact) mass is 359 g/mol. The number of benzene rings is 1. The molecular formula is C12H13ClF3NO4S. The molecule has 1 unspecified atom stereocenters. The highest BCUT2D eigenvalue weighted by Gasteiger charge is 2.36. The van der Waals surface area contributed by atoms with Gasteiger partial charge in [-0.15, -0.1) is 0 Å². The molecular weight excluding hydrogens is 347 g/mol. The average Bonchev–Trinajstić information content (AvgIpc) is 2.33. The normalized spacial score (nSPS) is 13.7. The van der Waals surface area contributed by atoms with Gasteiger partial charge in [-0.1, -0.05) is 18.5 Å². The summed E-state index contributed by atoms with van der Waals surface area (Å²) in [6, 6.07) is 0.920. The van der Waals surface area contributed by atoms with Gasteiger partial charge in [0.05, 0.1) is 22.5 Å². The van der Waals surface area contributed by atoms with Crippen LogP contribution in [0.15, 0.2) is 18.2 Å². The third kappa shape index (κ3) is 4.04. The number of carboxylic acid groups (broad SMARTS) is 1. The number of nitrogens with zero attached hydrogens (tertiary/aromatic N) is 1. The summed E-state index contributed by atoms with van der Waals surface area (Å²) in [4.78, 5) is 11.2. The Bertz CT molecular complexity index is 675. The number of hydrogen-bond acceptors (Lipinski definition) is 3. The van der Waals surface area contributed by atoms with Gasteiger partial charge in [-0.05, 0) is 24.6 Å². The molecule has 0 aliphatic heterocycles. The lowest BCUT2D eigenvalue weighted by Crippen LogP contribution is -2.44. The fourth-order valence-electron chi connectivity index (χ4n) is 1.91. The Labute approximate surface area is 130 Å². The van der Waals surface area contributed by atoms with Crippen molar-refractivity contribution >= 4 is 33.3 Å². The minimum Gasteiger partial charge on any atom is -0.480 e. The maximum absolute atomic E-state index is 12.9. The van der Waals surface area contributed by atoms with E-state index in [4.69, 9.17) is 16.7 Å². The van der Waals surface area contributed by atoms with Crippen molar-refractivity contribution in [1.82, 2.24) is 0 Å². The van der Waals surface area contributed by atoms with Crippen molar-refractivity contribution < 1.29 is 31.5 Å². The summed E-state index contributed by atoms with van der Waals surface area (Å²) in [7, 11) is -4.11. The Morgan fingerprint density at radius 1 is 1.41 bits per heavy atom. The fraction of sp³-hybridized carbons (Fsp3) is 0.417. The summed E-state index contributed by atoms with van der Waals surface area (Å²) in [5, 5.41) is 8.49. The van der Waals surface area contributed by atoms with E-state index in [-0.39, 0.29) is 6.42 Å². The van der Waals surface area contributed by atoms with E-state index in [0.717, 1.165) is 18.4 Å². The van der Waals surface area contributed by atoms with Crippen molar-refractivity contribution in [2.24, 2.45) is 0 Å². The highest BCUT2D eigenvalue weighted by molar-refractivity contribution is 7.92. The van der Waals surface area contributed by atoms with Gasteiger partial charge < -0.3 is 5.11 Å². The number of anilines is 1. The van der Waals surface area contributed by atoms with E-state index in [2.05, 4.69) is 0 Å². The standard InChI is InChI=1S/C12H13ClF3NO4S/c1-3-10(11(18)19)17(22(2,20)21)7-4-5-9(13)8(6-7)12(14,15)16/h4-6,10H,3H2,1-2H3,(H,18,19). The van der Waals surface area contributed by atoms with Crippen molar-refractivity contribution in [3.8, 4) is 0 Å². The van der Waals surface area contributed by atoms with E-state index in [1.54, 1.807) is 0 Å². The van der Waals surface area contributed by atoms with Gasteiger partial charge in [0.2, 0.25) is 10.0 Å². The lowest BCUT2D eigenvalue weighted by Gasteiger charge is -2.28. The molecule has 124 valence electrons. The summed E-state index contributed by atoms with van der Waals surface area (Å²) in [6.45, 7) is 1.41. The maximum atomic E-state index is 12.9. The SMILES string of the molecule is CCC(C(=O)O)N(c1ccc(Cl)c(C(F)(F)F)c1)S(C)(=O)=O. The van der Waals surface area contributed by atoms with Crippen molar-refractivity contribution in [2.75, 3.05) is 10.6 Å². The van der Waals surface area contributed by atoms with Crippen LogP contribution in [0, 0.1) is 0 Å². The fourth-order valence-corrected chi connectivity index (χ4v) is 3.33. The van der Waals surface area contributed by atoms with Gasteiger partial charge in [-0.25, -0.2) is 13.2 Å². The predicted octanol–water partition coefficient (Wildman–Crippen LogP) is 2.99. The molecule has 0 spiro atoms. The zero-order chi connectivity index (χ0) is 17.3. The van der Waals surface area contributed by atoms with Crippen LogP contribution in [0.4, 0.5) is 18.9 Å². The van der Waals surface area contributed by atoms with E-state index in [1.807, 2.05) is 0 Å². The first-order chi connectivity index (χ1) is 9.89. The summed E-state index contributed by atoms with van der Waals surface area (Å²) >= 11 is 5.47. The molecule has 1 aromatic rings. The van der Waals surface area contributed by atoms with Crippen LogP contribution in [-0.4, -0.2) is 31.8 Å². The molecule has 1 atom stereocenters. The summed E-state index contributed by atoms with van der Waals surface area (Å²) < 4.78 is 62.7. The van der Waals surface area contributed by atoms with Crippen LogP contribution in [0.25, 0.3) is 0 Å². The molecule has 0 radical (unpaired) electrons. The van der Waals surface area contributed by atoms with Crippen LogP contribution in [0.1, 0.15) is 18.9 Å². The molecule has 0 fully saturated rings. The van der Waals surface area contributed by atoms with Crippen LogP contribution in [0.5, 0.6) is 0 Å². The zero-order valence-corrected chi connectivity index (χ0v) is 13.1. The molecule has 22 heavy (non-hydrogen) atoms. The van der Waals surface area contributed by atoms with Crippen LogP contribution >= 0.6 is 11.6 Å². The summed E-state index contributed by atoms with van der Waals surface area (Å²) in [5.74, 6) is -1.46. The van der Waals surface area contributed by atoms with Gasteiger partial charge in [0.25, 0.3) is 0 Å². The molecule has 0 bridgehead atoms. The first kappa shape index (κ1) is 18.6. The Morgan fingerprint density at radius 2 is 1.95 bits per heavy atom. The number of hydrogen-bond donors (Lipinski definition) is 1. The molecule has 0 saturated heterocycles. The molecule has 5 nitrogen and oxygen atoms in total. The van der Waals surface area contributed by atoms with E-state index in [0.29, 0.717) is 10.4 Å². The van der Waals surface area contributed by atoms with Crippen LogP contribution in [0.3, 0.4) is 0 Å². The second-order valence-electron chi connectivity index (χ2n) is 4.48. The van der Waals surface area contributed by atoms with Crippen LogP contribution in [0.2, 0.25) is 5.02 Å². The van der Waals surface area contributed by atoms with Crippen molar-refractivity contribution in [1.29, 1.82) is 0 Å². The Kier molecular flexibility index (Phi) is 5.34. The van der Waals surface area contributed by atoms with E-state index in [9.17, 15) is 26.4 Å². The molecule has 0 aliphatic carbocycles. The largest absolute Gasteiger partial charge is 0.480 e. The summed E-state index contributed by atoms with van der Waals surface area (Å²) in [6.07, 6.45) is -4.19. The highest BCUT2D eigenvalue weighted by atomic mass is 35.5. The molecule has 0 aliphatic rings. The Hall–Kier alpha value is -1.48. The summed E-state index contributed by atoms with van der Waals surface area (Å²) in [5.41, 5.74) is -1.64. The average molecular weight is 360 g/mol. The van der Waals surface area contributed by atoms with Crippen LogP contribution < -0.4 is 4.31 Å². The van der Waals surface area contributed by atoms with Gasteiger partial charge in [-0.3, -0.25) is 4.31 Å². The Balaban J connectivity index is 3.55. The Morgan fingerprint density at radius 3 is 2.32 bits per heavy atom. The minimum atomic E-state index is -4.79. The quantitative estimate of drug-likeness (QED) is 0.877. The van der Waals surface area contributed by atoms with Gasteiger partial charge in [0, 0.05) is 0 Å². The second kappa shape index (κ2) is 6.33. The second-order valence-corrected chi connectivity index (χ2v) is 6.75. The van der Waals surface area contributed by atoms with Crippen molar-refractivity contribution in [3.63, 3.8) is 0 Å². The van der Waals surface area contributed by atoms with Crippen molar-refractivity contribution in [3.05, 3.63) is 28.8 Å². The molecule has 0 saturated carbocycles. The maximum Gasteiger partial charge on any atom is 0.417 e. The van der Waals surface area contributed by atoms with Crippen molar-refractivity contribution in [2.45, 2.75) is 25.6 Å². The smallest absolute Gasteiger partial charge is 0.417 e. The van der Waals surface area contributed by atoms with E-state index in [1.165, 1.54) is 6.92 Å². The number of carbonyl (C=O) groups is 1. The molecule has 1 N–H and O–H groups in total. The third-order valence-electron chi connectivity index (χ3n) is 2.82. The topological polar surface area (TPSA) is 74.7 Å². The van der Waals surface area contributed by atoms with E-state index < -0.39 is 44.5 Å². The van der Waals surface area contributed by atoms with Gasteiger partial charge in [0.15, 0.2) is 0 Å². The molecule has 1 rings (SSSR count). The first-order valence-electron chi connectivity index (χ1n) is 5.98. The number of halogens is 4. The van der Waals surface area contributed by atoms with Gasteiger partial charge in [-0.2, -0.15) is 13.2 Å². The number of alkyl halides is 3. The first-order valence-corrected chi connectivity index (χ1v) is 8.21. The molecule has 0 heterocycles.